The standard InChI is InChI=1S/C43H47F2N11O5/c1-54-35-19-28(9-12-33(35)56(43(54)60)34-13-14-37(57)52-41(34)59)22-47-17-4-2-3-16-46-21-26-7-10-30(11-8-26)55-24-31(38(53-55)39(44)45)50-40(58)32-25-61-42(51-32)29-15-18-48-36(20-29)49-23-27-5-6-27/h7-12,15,18-20,24-25,27,34,39,46-47H,2-6,13-14,16-17,21-23H2,1H3,(H,48,49)(H,50,58)(H,52,57,59). The fourth-order valence-corrected chi connectivity index (χ4v) is 7.36. The Hall–Kier alpha value is -6.53. The minimum Gasteiger partial charge on any atom is -0.444 e. The molecule has 318 valence electrons. The summed E-state index contributed by atoms with van der Waals surface area (Å²) in [6.45, 7) is 3.76. The smallest absolute Gasteiger partial charge is 0.329 e. The van der Waals surface area contributed by atoms with Crippen molar-refractivity contribution < 1.29 is 27.6 Å². The van der Waals surface area contributed by atoms with Gasteiger partial charge in [-0.05, 0) is 98.6 Å². The van der Waals surface area contributed by atoms with Gasteiger partial charge in [-0.1, -0.05) is 24.6 Å². The quantitative estimate of drug-likeness (QED) is 0.0503. The average Bonchev–Trinajstić information content (AvgIpc) is 3.67. The van der Waals surface area contributed by atoms with E-state index in [1.807, 2.05) is 30.3 Å². The molecule has 2 aliphatic rings. The number of fused-ring (bicyclic) bond motifs is 1. The maximum atomic E-state index is 14.0. The van der Waals surface area contributed by atoms with Crippen molar-refractivity contribution >= 4 is 40.3 Å². The number of nitrogens with one attached hydrogen (secondary N) is 5. The second-order valence-corrected chi connectivity index (χ2v) is 15.5. The number of carbonyl (C=O) groups excluding carboxylic acids is 3. The first kappa shape index (κ1) is 41.2. The molecule has 61 heavy (non-hydrogen) atoms. The van der Waals surface area contributed by atoms with Gasteiger partial charge in [-0.2, -0.15) is 5.10 Å². The van der Waals surface area contributed by atoms with Crippen molar-refractivity contribution in [3.63, 3.8) is 0 Å². The van der Waals surface area contributed by atoms with E-state index >= 15 is 0 Å². The Morgan fingerprint density at radius 3 is 2.43 bits per heavy atom. The number of piperidine rings is 1. The lowest BCUT2D eigenvalue weighted by Crippen LogP contribution is -2.44. The second kappa shape index (κ2) is 18.4. The van der Waals surface area contributed by atoms with Crippen molar-refractivity contribution in [1.29, 1.82) is 0 Å². The summed E-state index contributed by atoms with van der Waals surface area (Å²) in [5.41, 5.74) is 3.58. The van der Waals surface area contributed by atoms with Gasteiger partial charge in [0.2, 0.25) is 17.7 Å². The van der Waals surface area contributed by atoms with E-state index in [-0.39, 0.29) is 35.3 Å². The number of carbonyl (C=O) groups is 3. The summed E-state index contributed by atoms with van der Waals surface area (Å²) in [4.78, 5) is 58.8. The van der Waals surface area contributed by atoms with Gasteiger partial charge in [0.15, 0.2) is 11.4 Å². The lowest BCUT2D eigenvalue weighted by Gasteiger charge is -2.21. The summed E-state index contributed by atoms with van der Waals surface area (Å²) in [7, 11) is 1.69. The number of pyridine rings is 1. The minimum absolute atomic E-state index is 0.0655. The summed E-state index contributed by atoms with van der Waals surface area (Å²) < 4.78 is 38.0. The van der Waals surface area contributed by atoms with Gasteiger partial charge in [-0.3, -0.25) is 28.8 Å². The molecular weight excluding hydrogens is 789 g/mol. The number of hydrogen-bond acceptors (Lipinski definition) is 11. The second-order valence-electron chi connectivity index (χ2n) is 15.5. The SMILES string of the molecule is Cn1c(=O)n(C2CCC(=O)NC2=O)c2ccc(CNCCCCCNCc3ccc(-n4cc(NC(=O)c5coc(-c6ccnc(NCC7CC7)c6)n5)c(C(F)F)n4)cc3)cc21. The van der Waals surface area contributed by atoms with E-state index in [1.165, 1.54) is 39.1 Å². The van der Waals surface area contributed by atoms with Gasteiger partial charge in [-0.15, -0.1) is 0 Å². The predicted molar refractivity (Wildman–Crippen MR) is 223 cm³/mol. The number of anilines is 2. The molecule has 0 bridgehead atoms. The van der Waals surface area contributed by atoms with E-state index < -0.39 is 30.0 Å². The van der Waals surface area contributed by atoms with Crippen molar-refractivity contribution in [3.05, 3.63) is 106 Å². The highest BCUT2D eigenvalue weighted by molar-refractivity contribution is 6.03. The monoisotopic (exact) mass is 835 g/mol. The molecule has 5 heterocycles. The van der Waals surface area contributed by atoms with Crippen molar-refractivity contribution in [3.8, 4) is 17.1 Å². The first-order valence-electron chi connectivity index (χ1n) is 20.5. The van der Waals surface area contributed by atoms with Crippen LogP contribution in [-0.2, 0) is 29.7 Å². The Bertz CT molecular complexity index is 2590. The van der Waals surface area contributed by atoms with Crippen LogP contribution in [0.4, 0.5) is 20.3 Å². The summed E-state index contributed by atoms with van der Waals surface area (Å²) in [6.07, 6.45) is 7.13. The number of aryl methyl sites for hydroxylation is 1. The molecule has 1 atom stereocenters. The van der Waals surface area contributed by atoms with Crippen LogP contribution in [0.2, 0.25) is 0 Å². The third-order valence-electron chi connectivity index (χ3n) is 11.0. The average molecular weight is 836 g/mol. The molecule has 3 amide bonds. The van der Waals surface area contributed by atoms with Crippen LogP contribution in [0.3, 0.4) is 0 Å². The fraction of sp³-hybridized carbons (Fsp3) is 0.372. The van der Waals surface area contributed by atoms with Crippen molar-refractivity contribution in [1.82, 2.24) is 44.8 Å². The molecule has 0 radical (unpaired) electrons. The van der Waals surface area contributed by atoms with Gasteiger partial charge in [0.05, 0.1) is 28.6 Å². The summed E-state index contributed by atoms with van der Waals surface area (Å²) >= 11 is 0. The number of oxazole rings is 1. The molecule has 8 rings (SSSR count). The van der Waals surface area contributed by atoms with Gasteiger partial charge >= 0.3 is 5.69 Å². The van der Waals surface area contributed by atoms with Crippen molar-refractivity contribution in [2.45, 2.75) is 70.5 Å². The minimum atomic E-state index is -2.93. The molecule has 16 nitrogen and oxygen atoms in total. The molecule has 1 saturated heterocycles. The topological polar surface area (TPSA) is 195 Å². The van der Waals surface area contributed by atoms with Crippen LogP contribution in [0, 0.1) is 5.92 Å². The first-order valence-corrected chi connectivity index (χ1v) is 20.5. The molecule has 6 aromatic rings. The zero-order valence-electron chi connectivity index (χ0n) is 33.6. The molecule has 2 fully saturated rings. The summed E-state index contributed by atoms with van der Waals surface area (Å²) in [5, 5.41) is 19.1. The van der Waals surface area contributed by atoms with Crippen LogP contribution in [0.15, 0.2) is 82.5 Å². The van der Waals surface area contributed by atoms with Crippen molar-refractivity contribution in [2.24, 2.45) is 13.0 Å². The molecule has 0 spiro atoms. The number of rotatable bonds is 19. The third kappa shape index (κ3) is 9.76. The van der Waals surface area contributed by atoms with E-state index in [0.29, 0.717) is 48.0 Å². The lowest BCUT2D eigenvalue weighted by atomic mass is 10.1. The zero-order chi connectivity index (χ0) is 42.5. The van der Waals surface area contributed by atoms with E-state index in [2.05, 4.69) is 41.7 Å². The van der Waals surface area contributed by atoms with Crippen LogP contribution >= 0.6 is 0 Å². The Labute approximate surface area is 349 Å². The highest BCUT2D eigenvalue weighted by Crippen LogP contribution is 2.30. The van der Waals surface area contributed by atoms with E-state index in [4.69, 9.17) is 4.42 Å². The first-order chi connectivity index (χ1) is 29.6. The van der Waals surface area contributed by atoms with Crippen LogP contribution in [-0.4, -0.2) is 66.2 Å². The van der Waals surface area contributed by atoms with Crippen molar-refractivity contribution in [2.75, 3.05) is 30.3 Å². The molecule has 1 aliphatic heterocycles. The van der Waals surface area contributed by atoms with Crippen LogP contribution < -0.4 is 32.3 Å². The number of unbranched alkanes of at least 4 members (excludes halogenated alkanes) is 2. The molecule has 4 aromatic heterocycles. The maximum absolute atomic E-state index is 14.0. The predicted octanol–water partition coefficient (Wildman–Crippen LogP) is 5.61. The number of alkyl halides is 2. The summed E-state index contributed by atoms with van der Waals surface area (Å²) in [5.74, 6) is 0.0671. The number of aromatic nitrogens is 6. The number of nitrogens with zero attached hydrogens (tertiary/aromatic N) is 6. The van der Waals surface area contributed by atoms with Gasteiger partial charge < -0.3 is 25.7 Å². The molecular formula is C43H47F2N11O5. The van der Waals surface area contributed by atoms with Gasteiger partial charge in [-0.25, -0.2) is 28.2 Å². The summed E-state index contributed by atoms with van der Waals surface area (Å²) in [6, 6.07) is 15.9. The molecule has 2 aromatic carbocycles. The molecule has 1 unspecified atom stereocenters. The molecule has 1 saturated carbocycles. The highest BCUT2D eigenvalue weighted by Gasteiger charge is 2.31. The molecule has 18 heteroatoms. The molecule has 5 N–H and O–H groups in total. The van der Waals surface area contributed by atoms with E-state index in [0.717, 1.165) is 55.5 Å². The normalized spacial score (nSPS) is 15.4. The Morgan fingerprint density at radius 2 is 1.69 bits per heavy atom. The number of benzene rings is 2. The zero-order valence-corrected chi connectivity index (χ0v) is 33.6. The van der Waals surface area contributed by atoms with Gasteiger partial charge in [0.1, 0.15) is 18.1 Å². The van der Waals surface area contributed by atoms with Crippen LogP contribution in [0.25, 0.3) is 28.2 Å². The fourth-order valence-electron chi connectivity index (χ4n) is 7.36. The van der Waals surface area contributed by atoms with Gasteiger partial charge in [0, 0.05) is 44.9 Å². The largest absolute Gasteiger partial charge is 0.444 e. The number of amides is 3. The Kier molecular flexibility index (Phi) is 12.4. The molecule has 1 aliphatic carbocycles. The number of imide groups is 1. The van der Waals surface area contributed by atoms with E-state index in [9.17, 15) is 28.0 Å². The Morgan fingerprint density at radius 1 is 0.934 bits per heavy atom. The van der Waals surface area contributed by atoms with Crippen LogP contribution in [0.1, 0.15) is 84.7 Å². The number of halogens is 2. The van der Waals surface area contributed by atoms with E-state index in [1.54, 1.807) is 37.5 Å². The highest BCUT2D eigenvalue weighted by atomic mass is 19.3. The Balaban J connectivity index is 0.760. The lowest BCUT2D eigenvalue weighted by molar-refractivity contribution is -0.135. The van der Waals surface area contributed by atoms with Crippen LogP contribution in [0.5, 0.6) is 0 Å². The maximum Gasteiger partial charge on any atom is 0.329 e. The van der Waals surface area contributed by atoms with Gasteiger partial charge in [0.25, 0.3) is 12.3 Å². The number of imidazole rings is 1. The third-order valence-corrected chi connectivity index (χ3v) is 11.0. The number of hydrogen-bond donors (Lipinski definition) is 5.